The lowest BCUT2D eigenvalue weighted by Gasteiger charge is -2.15. The molecule has 0 saturated heterocycles. The van der Waals surface area contributed by atoms with Crippen molar-refractivity contribution in [2.24, 2.45) is 0 Å². The van der Waals surface area contributed by atoms with Crippen molar-refractivity contribution in [2.75, 3.05) is 20.3 Å². The van der Waals surface area contributed by atoms with E-state index in [0.717, 1.165) is 6.08 Å². The van der Waals surface area contributed by atoms with Gasteiger partial charge in [-0.15, -0.1) is 0 Å². The maximum Gasteiger partial charge on any atom is 0.330 e. The highest BCUT2D eigenvalue weighted by Crippen LogP contribution is 2.17. The first-order chi connectivity index (χ1) is 10.1. The van der Waals surface area contributed by atoms with Crippen molar-refractivity contribution in [3.8, 4) is 11.5 Å². The first kappa shape index (κ1) is 17.0. The van der Waals surface area contributed by atoms with Gasteiger partial charge in [-0.05, 0) is 37.3 Å². The molecule has 2 N–H and O–H groups in total. The van der Waals surface area contributed by atoms with Crippen molar-refractivity contribution < 1.29 is 29.2 Å². The molecule has 0 spiro atoms. The summed E-state index contributed by atoms with van der Waals surface area (Å²) in [4.78, 5) is 11.1. The van der Waals surface area contributed by atoms with Crippen molar-refractivity contribution in [3.63, 3.8) is 0 Å². The summed E-state index contributed by atoms with van der Waals surface area (Å²) in [6, 6.07) is 6.82. The van der Waals surface area contributed by atoms with Crippen LogP contribution in [0.3, 0.4) is 0 Å². The van der Waals surface area contributed by atoms with Crippen molar-refractivity contribution >= 4 is 5.97 Å². The minimum absolute atomic E-state index is 0.110. The van der Waals surface area contributed by atoms with Gasteiger partial charge in [0.25, 0.3) is 0 Å². The Balaban J connectivity index is 2.41. The summed E-state index contributed by atoms with van der Waals surface area (Å²) < 4.78 is 15.0. The number of ether oxygens (including phenoxy) is 3. The Morgan fingerprint density at radius 1 is 1.24 bits per heavy atom. The van der Waals surface area contributed by atoms with E-state index in [-0.39, 0.29) is 13.2 Å². The molecule has 2 atom stereocenters. The Kier molecular flexibility index (Phi) is 7.28. The number of carbonyl (C=O) groups excluding carboxylic acids is 1. The molecule has 6 nitrogen and oxygen atoms in total. The van der Waals surface area contributed by atoms with Crippen LogP contribution < -0.4 is 9.47 Å². The minimum atomic E-state index is -1.22. The van der Waals surface area contributed by atoms with E-state index in [1.807, 2.05) is 0 Å². The predicted octanol–water partition coefficient (Wildman–Crippen LogP) is 0.915. The smallest absolute Gasteiger partial charge is 0.330 e. The SMILES string of the molecule is CCOC(=O)/C=C/[C@@H](O)[C@H](O)COc1ccc(OC)cc1. The third kappa shape index (κ3) is 6.29. The van der Waals surface area contributed by atoms with Crippen LogP contribution in [-0.4, -0.2) is 48.7 Å². The Morgan fingerprint density at radius 2 is 1.86 bits per heavy atom. The second kappa shape index (κ2) is 8.99. The molecule has 0 amide bonds. The second-order valence-electron chi connectivity index (χ2n) is 4.16. The van der Waals surface area contributed by atoms with Crippen LogP contribution in [0, 0.1) is 0 Å². The van der Waals surface area contributed by atoms with Gasteiger partial charge < -0.3 is 24.4 Å². The van der Waals surface area contributed by atoms with Gasteiger partial charge in [0.15, 0.2) is 0 Å². The van der Waals surface area contributed by atoms with E-state index in [2.05, 4.69) is 4.74 Å². The number of hydrogen-bond acceptors (Lipinski definition) is 6. The average molecular weight is 296 g/mol. The highest BCUT2D eigenvalue weighted by Gasteiger charge is 2.14. The molecule has 6 heteroatoms. The van der Waals surface area contributed by atoms with Gasteiger partial charge in [0.1, 0.15) is 30.3 Å². The summed E-state index contributed by atoms with van der Waals surface area (Å²) in [6.07, 6.45) is -0.129. The van der Waals surface area contributed by atoms with Gasteiger partial charge in [0.2, 0.25) is 0 Å². The van der Waals surface area contributed by atoms with Crippen LogP contribution in [0.25, 0.3) is 0 Å². The molecule has 1 rings (SSSR count). The van der Waals surface area contributed by atoms with E-state index >= 15 is 0 Å². The van der Waals surface area contributed by atoms with Crippen molar-refractivity contribution in [1.29, 1.82) is 0 Å². The quantitative estimate of drug-likeness (QED) is 0.548. The Morgan fingerprint density at radius 3 is 2.43 bits per heavy atom. The van der Waals surface area contributed by atoms with Crippen LogP contribution in [0.2, 0.25) is 0 Å². The molecule has 1 aromatic carbocycles. The fraction of sp³-hybridized carbons (Fsp3) is 0.400. The molecule has 0 unspecified atom stereocenters. The normalized spacial score (nSPS) is 13.7. The number of rotatable bonds is 8. The van der Waals surface area contributed by atoms with Crippen molar-refractivity contribution in [3.05, 3.63) is 36.4 Å². The van der Waals surface area contributed by atoms with Crippen LogP contribution in [0.15, 0.2) is 36.4 Å². The predicted molar refractivity (Wildman–Crippen MR) is 76.3 cm³/mol. The zero-order valence-electron chi connectivity index (χ0n) is 12.1. The second-order valence-corrected chi connectivity index (χ2v) is 4.16. The van der Waals surface area contributed by atoms with Gasteiger partial charge in [-0.2, -0.15) is 0 Å². The van der Waals surface area contributed by atoms with E-state index in [4.69, 9.17) is 9.47 Å². The van der Waals surface area contributed by atoms with Gasteiger partial charge >= 0.3 is 5.97 Å². The number of carbonyl (C=O) groups is 1. The minimum Gasteiger partial charge on any atom is -0.497 e. The lowest BCUT2D eigenvalue weighted by Crippen LogP contribution is -2.30. The lowest BCUT2D eigenvalue weighted by molar-refractivity contribution is -0.137. The average Bonchev–Trinajstić information content (AvgIpc) is 2.51. The zero-order chi connectivity index (χ0) is 15.7. The number of aliphatic hydroxyl groups excluding tert-OH is 2. The van der Waals surface area contributed by atoms with Crippen molar-refractivity contribution in [1.82, 2.24) is 0 Å². The summed E-state index contributed by atoms with van der Waals surface area (Å²) in [7, 11) is 1.56. The molecule has 0 saturated carbocycles. The summed E-state index contributed by atoms with van der Waals surface area (Å²) in [6.45, 7) is 1.82. The maximum atomic E-state index is 11.1. The highest BCUT2D eigenvalue weighted by molar-refractivity contribution is 5.81. The van der Waals surface area contributed by atoms with Crippen LogP contribution in [0.4, 0.5) is 0 Å². The maximum absolute atomic E-state index is 11.1. The molecule has 0 fully saturated rings. The fourth-order valence-corrected chi connectivity index (χ4v) is 1.45. The van der Waals surface area contributed by atoms with Crippen molar-refractivity contribution in [2.45, 2.75) is 19.1 Å². The van der Waals surface area contributed by atoms with Gasteiger partial charge in [0.05, 0.1) is 13.7 Å². The highest BCUT2D eigenvalue weighted by atomic mass is 16.5. The fourth-order valence-electron chi connectivity index (χ4n) is 1.45. The first-order valence-electron chi connectivity index (χ1n) is 6.54. The van der Waals surface area contributed by atoms with Crippen LogP contribution in [0.5, 0.6) is 11.5 Å². The van der Waals surface area contributed by atoms with Gasteiger partial charge in [0, 0.05) is 6.08 Å². The van der Waals surface area contributed by atoms with E-state index < -0.39 is 18.2 Å². The summed E-state index contributed by atoms with van der Waals surface area (Å²) in [5, 5.41) is 19.4. The third-order valence-corrected chi connectivity index (χ3v) is 2.59. The molecule has 0 bridgehead atoms. The summed E-state index contributed by atoms with van der Waals surface area (Å²) in [5.41, 5.74) is 0. The van der Waals surface area contributed by atoms with Crippen LogP contribution in [0.1, 0.15) is 6.92 Å². The topological polar surface area (TPSA) is 85.2 Å². The number of esters is 1. The molecular formula is C15H20O6. The summed E-state index contributed by atoms with van der Waals surface area (Å²) >= 11 is 0. The number of hydrogen-bond donors (Lipinski definition) is 2. The zero-order valence-corrected chi connectivity index (χ0v) is 12.1. The van der Waals surface area contributed by atoms with Crippen LogP contribution in [-0.2, 0) is 9.53 Å². The molecule has 0 radical (unpaired) electrons. The van der Waals surface area contributed by atoms with E-state index in [1.54, 1.807) is 38.3 Å². The molecule has 0 heterocycles. The van der Waals surface area contributed by atoms with E-state index in [1.165, 1.54) is 6.08 Å². The summed E-state index contributed by atoms with van der Waals surface area (Å²) in [5.74, 6) is 0.663. The third-order valence-electron chi connectivity index (χ3n) is 2.59. The standard InChI is InChI=1S/C15H20O6/c1-3-20-15(18)9-8-13(16)14(17)10-21-12-6-4-11(19-2)5-7-12/h4-9,13-14,16-17H,3,10H2,1-2H3/b9-8+/t13-,14-/m1/s1. The van der Waals surface area contributed by atoms with E-state index in [9.17, 15) is 15.0 Å². The number of benzene rings is 1. The van der Waals surface area contributed by atoms with Gasteiger partial charge in [-0.25, -0.2) is 4.79 Å². The Hall–Kier alpha value is -2.05. The molecule has 0 aliphatic heterocycles. The lowest BCUT2D eigenvalue weighted by atomic mass is 10.2. The molecular weight excluding hydrogens is 276 g/mol. The van der Waals surface area contributed by atoms with Crippen LogP contribution >= 0.6 is 0 Å². The molecule has 116 valence electrons. The van der Waals surface area contributed by atoms with Gasteiger partial charge in [-0.1, -0.05) is 0 Å². The molecule has 1 aromatic rings. The molecule has 21 heavy (non-hydrogen) atoms. The Labute approximate surface area is 123 Å². The Bertz CT molecular complexity index is 454. The van der Waals surface area contributed by atoms with E-state index in [0.29, 0.717) is 11.5 Å². The largest absolute Gasteiger partial charge is 0.497 e. The number of aliphatic hydroxyl groups is 2. The van der Waals surface area contributed by atoms with Gasteiger partial charge in [-0.3, -0.25) is 0 Å². The molecule has 0 aliphatic carbocycles. The first-order valence-corrected chi connectivity index (χ1v) is 6.54. The molecule has 0 aromatic heterocycles. The molecule has 0 aliphatic rings. The monoisotopic (exact) mass is 296 g/mol. The number of methoxy groups -OCH3 is 1.